The SMILES string of the molecule is CC(=O)NCc1cnc(-c2ccc(NC[C@](C)(C[C@H](C)F)c3ncccc3F)nn2)s1. The molecule has 0 unspecified atom stereocenters. The average molecular weight is 447 g/mol. The summed E-state index contributed by atoms with van der Waals surface area (Å²) in [5.41, 5.74) is -0.0556. The first-order valence-electron chi connectivity index (χ1n) is 9.79. The van der Waals surface area contributed by atoms with Crippen LogP contribution >= 0.6 is 11.3 Å². The van der Waals surface area contributed by atoms with Gasteiger partial charge >= 0.3 is 0 Å². The number of nitrogens with zero attached hydrogens (tertiary/aromatic N) is 4. The Morgan fingerprint density at radius 2 is 2.06 bits per heavy atom. The molecule has 3 aromatic heterocycles. The zero-order valence-electron chi connectivity index (χ0n) is 17.5. The van der Waals surface area contributed by atoms with Crippen molar-refractivity contribution in [3.63, 3.8) is 0 Å². The van der Waals surface area contributed by atoms with Crippen molar-refractivity contribution in [2.75, 3.05) is 11.9 Å². The third-order valence-corrected chi connectivity index (χ3v) is 5.69. The van der Waals surface area contributed by atoms with Crippen molar-refractivity contribution in [3.05, 3.63) is 53.0 Å². The van der Waals surface area contributed by atoms with Crippen LogP contribution in [-0.2, 0) is 16.8 Å². The molecule has 31 heavy (non-hydrogen) atoms. The number of hydrogen-bond acceptors (Lipinski definition) is 7. The second-order valence-corrected chi connectivity index (χ2v) is 8.69. The van der Waals surface area contributed by atoms with Gasteiger partial charge in [0.25, 0.3) is 0 Å². The highest BCUT2D eigenvalue weighted by atomic mass is 32.1. The molecule has 0 aliphatic rings. The van der Waals surface area contributed by atoms with Gasteiger partial charge in [-0.2, -0.15) is 0 Å². The Kier molecular flexibility index (Phi) is 7.21. The summed E-state index contributed by atoms with van der Waals surface area (Å²) in [6, 6.07) is 6.35. The van der Waals surface area contributed by atoms with Crippen LogP contribution in [0, 0.1) is 5.82 Å². The molecule has 164 valence electrons. The maximum absolute atomic E-state index is 14.3. The molecule has 1 amide bonds. The second kappa shape index (κ2) is 9.86. The molecule has 0 fully saturated rings. The zero-order valence-corrected chi connectivity index (χ0v) is 18.3. The van der Waals surface area contributed by atoms with E-state index in [2.05, 4.69) is 30.8 Å². The highest BCUT2D eigenvalue weighted by Crippen LogP contribution is 2.31. The third kappa shape index (κ3) is 6.00. The Balaban J connectivity index is 1.70. The van der Waals surface area contributed by atoms with Crippen LogP contribution in [0.4, 0.5) is 14.6 Å². The topological polar surface area (TPSA) is 92.7 Å². The van der Waals surface area contributed by atoms with Crippen LogP contribution in [0.15, 0.2) is 36.7 Å². The predicted octanol–water partition coefficient (Wildman–Crippen LogP) is 3.89. The van der Waals surface area contributed by atoms with E-state index in [4.69, 9.17) is 0 Å². The molecule has 0 saturated heterocycles. The molecular weight excluding hydrogens is 422 g/mol. The monoisotopic (exact) mass is 446 g/mol. The first-order valence-corrected chi connectivity index (χ1v) is 10.6. The lowest BCUT2D eigenvalue weighted by Crippen LogP contribution is -2.35. The minimum atomic E-state index is -1.13. The number of amides is 1. The minimum absolute atomic E-state index is 0.107. The third-order valence-electron chi connectivity index (χ3n) is 4.67. The van der Waals surface area contributed by atoms with Gasteiger partial charge in [-0.1, -0.05) is 6.92 Å². The van der Waals surface area contributed by atoms with Gasteiger partial charge in [-0.3, -0.25) is 9.78 Å². The number of carbonyl (C=O) groups is 1. The molecule has 0 aliphatic carbocycles. The smallest absolute Gasteiger partial charge is 0.217 e. The van der Waals surface area contributed by atoms with E-state index >= 15 is 0 Å². The minimum Gasteiger partial charge on any atom is -0.368 e. The molecule has 0 aromatic carbocycles. The van der Waals surface area contributed by atoms with Crippen LogP contribution in [0.25, 0.3) is 10.7 Å². The molecule has 0 spiro atoms. The molecule has 3 heterocycles. The highest BCUT2D eigenvalue weighted by molar-refractivity contribution is 7.15. The van der Waals surface area contributed by atoms with Crippen molar-refractivity contribution >= 4 is 23.1 Å². The average Bonchev–Trinajstić information content (AvgIpc) is 3.20. The van der Waals surface area contributed by atoms with E-state index in [0.29, 0.717) is 23.1 Å². The van der Waals surface area contributed by atoms with Crippen LogP contribution < -0.4 is 10.6 Å². The number of anilines is 1. The van der Waals surface area contributed by atoms with Crippen LogP contribution in [0.2, 0.25) is 0 Å². The van der Waals surface area contributed by atoms with Gasteiger partial charge in [0.2, 0.25) is 5.91 Å². The normalized spacial score (nSPS) is 14.0. The Morgan fingerprint density at radius 3 is 2.71 bits per heavy atom. The first kappa shape index (κ1) is 22.7. The molecule has 0 radical (unpaired) electrons. The van der Waals surface area contributed by atoms with Crippen molar-refractivity contribution < 1.29 is 13.6 Å². The fourth-order valence-corrected chi connectivity index (χ4v) is 4.07. The fourth-order valence-electron chi connectivity index (χ4n) is 3.25. The number of thiazole rings is 1. The molecule has 2 N–H and O–H groups in total. The highest BCUT2D eigenvalue weighted by Gasteiger charge is 2.33. The summed E-state index contributed by atoms with van der Waals surface area (Å²) in [4.78, 5) is 20.4. The van der Waals surface area contributed by atoms with E-state index < -0.39 is 17.4 Å². The van der Waals surface area contributed by atoms with Gasteiger partial charge in [-0.05, 0) is 37.6 Å². The van der Waals surface area contributed by atoms with E-state index in [1.165, 1.54) is 43.5 Å². The number of rotatable bonds is 9. The van der Waals surface area contributed by atoms with Crippen LogP contribution in [-0.4, -0.2) is 38.8 Å². The lowest BCUT2D eigenvalue weighted by atomic mass is 9.81. The fraction of sp³-hybridized carbons (Fsp3) is 0.381. The lowest BCUT2D eigenvalue weighted by molar-refractivity contribution is -0.119. The second-order valence-electron chi connectivity index (χ2n) is 7.58. The quantitative estimate of drug-likeness (QED) is 0.518. The molecule has 3 rings (SSSR count). The molecule has 3 aromatic rings. The number of hydrogen-bond donors (Lipinski definition) is 2. The summed E-state index contributed by atoms with van der Waals surface area (Å²) in [5.74, 6) is -0.0922. The number of pyridine rings is 1. The summed E-state index contributed by atoms with van der Waals surface area (Å²) in [5, 5.41) is 14.9. The number of carbonyl (C=O) groups excluding carboxylic acids is 1. The van der Waals surface area contributed by atoms with Crippen molar-refractivity contribution in [1.29, 1.82) is 0 Å². The van der Waals surface area contributed by atoms with E-state index in [9.17, 15) is 13.6 Å². The predicted molar refractivity (Wildman–Crippen MR) is 116 cm³/mol. The van der Waals surface area contributed by atoms with Gasteiger partial charge in [-0.25, -0.2) is 13.8 Å². The van der Waals surface area contributed by atoms with Gasteiger partial charge in [-0.15, -0.1) is 21.5 Å². The maximum Gasteiger partial charge on any atom is 0.217 e. The Hall–Kier alpha value is -3.01. The van der Waals surface area contributed by atoms with Crippen LogP contribution in [0.5, 0.6) is 0 Å². The van der Waals surface area contributed by atoms with E-state index in [1.54, 1.807) is 25.3 Å². The molecule has 0 saturated carbocycles. The Labute approximate surface area is 183 Å². The number of nitrogens with one attached hydrogen (secondary N) is 2. The number of alkyl halides is 1. The van der Waals surface area contributed by atoms with Gasteiger partial charge in [0.15, 0.2) is 0 Å². The van der Waals surface area contributed by atoms with Gasteiger partial charge < -0.3 is 10.6 Å². The van der Waals surface area contributed by atoms with Gasteiger partial charge in [0.05, 0.1) is 18.4 Å². The molecule has 7 nitrogen and oxygen atoms in total. The van der Waals surface area contributed by atoms with Gasteiger partial charge in [0.1, 0.15) is 22.3 Å². The standard InChI is InChI=1S/C21H24F2N6OS/c1-13(22)9-21(3,19-16(23)5-4-8-24-19)12-27-18-7-6-17(28-29-18)20-26-11-15(31-20)10-25-14(2)30/h4-8,11,13H,9-10,12H2,1-3H3,(H,25,30)(H,27,29)/t13-,21-/m0/s1. The molecule has 0 bridgehead atoms. The summed E-state index contributed by atoms with van der Waals surface area (Å²) < 4.78 is 28.2. The molecule has 2 atom stereocenters. The number of aromatic nitrogens is 4. The van der Waals surface area contributed by atoms with Crippen molar-refractivity contribution in [1.82, 2.24) is 25.5 Å². The summed E-state index contributed by atoms with van der Waals surface area (Å²) in [6.07, 6.45) is 2.17. The molecule has 0 aliphatic heterocycles. The lowest BCUT2D eigenvalue weighted by Gasteiger charge is -2.30. The molecular formula is C21H24F2N6OS. The summed E-state index contributed by atoms with van der Waals surface area (Å²) >= 11 is 1.42. The van der Waals surface area contributed by atoms with Crippen molar-refractivity contribution in [3.8, 4) is 10.7 Å². The summed E-state index contributed by atoms with van der Waals surface area (Å²) in [6.45, 7) is 5.33. The van der Waals surface area contributed by atoms with E-state index in [0.717, 1.165) is 4.88 Å². The molecule has 10 heteroatoms. The van der Waals surface area contributed by atoms with E-state index in [1.807, 2.05) is 0 Å². The van der Waals surface area contributed by atoms with Gasteiger partial charge in [0, 0.05) is 36.2 Å². The Bertz CT molecular complexity index is 1030. The number of halogens is 2. The summed E-state index contributed by atoms with van der Waals surface area (Å²) in [7, 11) is 0. The maximum atomic E-state index is 14.3. The van der Waals surface area contributed by atoms with Crippen molar-refractivity contribution in [2.45, 2.75) is 45.3 Å². The Morgan fingerprint density at radius 1 is 1.26 bits per heavy atom. The van der Waals surface area contributed by atoms with E-state index in [-0.39, 0.29) is 24.6 Å². The van der Waals surface area contributed by atoms with Crippen molar-refractivity contribution in [2.24, 2.45) is 0 Å². The van der Waals surface area contributed by atoms with Crippen LogP contribution in [0.1, 0.15) is 37.8 Å². The first-order chi connectivity index (χ1) is 14.8. The largest absolute Gasteiger partial charge is 0.368 e. The zero-order chi connectivity index (χ0) is 22.4. The van der Waals surface area contributed by atoms with Crippen LogP contribution in [0.3, 0.4) is 0 Å².